The van der Waals surface area contributed by atoms with E-state index in [4.69, 9.17) is 5.73 Å². The van der Waals surface area contributed by atoms with Crippen LogP contribution >= 0.6 is 0 Å². The number of nitrogens with two attached hydrogens (primary N) is 1. The highest BCUT2D eigenvalue weighted by molar-refractivity contribution is 6.03. The molecule has 2 aromatic rings. The first kappa shape index (κ1) is 12.9. The first-order valence-corrected chi connectivity index (χ1v) is 5.99. The van der Waals surface area contributed by atoms with E-state index in [9.17, 15) is 9.59 Å². The van der Waals surface area contributed by atoms with E-state index in [2.05, 4.69) is 10.3 Å². The normalized spacial score (nSPS) is 10.2. The molecule has 98 valence electrons. The summed E-state index contributed by atoms with van der Waals surface area (Å²) in [6.07, 6.45) is 0.839. The van der Waals surface area contributed by atoms with Crippen molar-refractivity contribution >= 4 is 17.3 Å². The van der Waals surface area contributed by atoms with Crippen molar-refractivity contribution in [3.05, 3.63) is 58.0 Å². The van der Waals surface area contributed by atoms with Gasteiger partial charge >= 0.3 is 0 Å². The first-order chi connectivity index (χ1) is 9.10. The van der Waals surface area contributed by atoms with Gasteiger partial charge in [-0.1, -0.05) is 19.1 Å². The molecule has 5 heteroatoms. The average Bonchev–Trinajstić information content (AvgIpc) is 2.39. The summed E-state index contributed by atoms with van der Waals surface area (Å²) >= 11 is 0. The van der Waals surface area contributed by atoms with Gasteiger partial charge in [0.05, 0.1) is 0 Å². The molecule has 2 rings (SSSR count). The Morgan fingerprint density at radius 2 is 2.11 bits per heavy atom. The zero-order valence-electron chi connectivity index (χ0n) is 10.6. The third kappa shape index (κ3) is 3.01. The summed E-state index contributed by atoms with van der Waals surface area (Å²) in [6, 6.07) is 9.79. The molecule has 4 N–H and O–H groups in total. The predicted molar refractivity (Wildman–Crippen MR) is 75.2 cm³/mol. The summed E-state index contributed by atoms with van der Waals surface area (Å²) in [5.41, 5.74) is 8.04. The molecule has 0 aliphatic carbocycles. The van der Waals surface area contributed by atoms with Crippen molar-refractivity contribution in [2.75, 3.05) is 11.1 Å². The van der Waals surface area contributed by atoms with E-state index >= 15 is 0 Å². The monoisotopic (exact) mass is 257 g/mol. The van der Waals surface area contributed by atoms with Crippen LogP contribution in [-0.4, -0.2) is 10.9 Å². The number of carbonyl (C=O) groups is 1. The van der Waals surface area contributed by atoms with E-state index in [-0.39, 0.29) is 17.2 Å². The number of pyridine rings is 1. The smallest absolute Gasteiger partial charge is 0.272 e. The molecule has 0 aliphatic heterocycles. The van der Waals surface area contributed by atoms with Gasteiger partial charge in [-0.15, -0.1) is 0 Å². The van der Waals surface area contributed by atoms with E-state index in [0.29, 0.717) is 11.4 Å². The minimum atomic E-state index is -0.374. The highest BCUT2D eigenvalue weighted by Gasteiger charge is 2.07. The Morgan fingerprint density at radius 3 is 2.74 bits per heavy atom. The molecule has 0 aliphatic rings. The molecule has 0 atom stereocenters. The lowest BCUT2D eigenvalue weighted by Gasteiger charge is -2.08. The van der Waals surface area contributed by atoms with Crippen LogP contribution in [0, 0.1) is 0 Å². The highest BCUT2D eigenvalue weighted by Crippen LogP contribution is 2.18. The Hall–Kier alpha value is -2.56. The van der Waals surface area contributed by atoms with Crippen LogP contribution in [0.4, 0.5) is 11.4 Å². The Morgan fingerprint density at radius 1 is 1.32 bits per heavy atom. The zero-order valence-corrected chi connectivity index (χ0v) is 10.6. The van der Waals surface area contributed by atoms with Crippen molar-refractivity contribution in [2.24, 2.45) is 0 Å². The quantitative estimate of drug-likeness (QED) is 0.732. The minimum Gasteiger partial charge on any atom is -0.398 e. The standard InChI is InChI=1S/C14H15N3O2/c1-2-9-6-7-10(8-11(9)15)16-14(19)12-4-3-5-13(18)17-12/h3-8H,2,15H2,1H3,(H,16,19)(H,17,18). The Bertz CT molecular complexity index is 662. The molecule has 0 saturated heterocycles. The summed E-state index contributed by atoms with van der Waals surface area (Å²) in [5.74, 6) is -0.374. The number of hydrogen-bond acceptors (Lipinski definition) is 3. The van der Waals surface area contributed by atoms with E-state index in [1.807, 2.05) is 13.0 Å². The van der Waals surface area contributed by atoms with E-state index < -0.39 is 0 Å². The van der Waals surface area contributed by atoms with E-state index in [1.165, 1.54) is 12.1 Å². The topological polar surface area (TPSA) is 88.0 Å². The van der Waals surface area contributed by atoms with Gasteiger partial charge in [0, 0.05) is 17.4 Å². The molecule has 0 radical (unpaired) electrons. The molecule has 5 nitrogen and oxygen atoms in total. The second-order valence-corrected chi connectivity index (χ2v) is 4.15. The Balaban J connectivity index is 2.19. The van der Waals surface area contributed by atoms with Crippen molar-refractivity contribution < 1.29 is 4.79 Å². The summed E-state index contributed by atoms with van der Waals surface area (Å²) in [6.45, 7) is 2.01. The molecule has 1 heterocycles. The number of aromatic amines is 1. The number of nitrogen functional groups attached to an aromatic ring is 1. The molecule has 1 aromatic carbocycles. The summed E-state index contributed by atoms with van der Waals surface area (Å²) in [5, 5.41) is 2.69. The van der Waals surface area contributed by atoms with E-state index in [1.54, 1.807) is 18.2 Å². The number of hydrogen-bond donors (Lipinski definition) is 3. The lowest BCUT2D eigenvalue weighted by Crippen LogP contribution is -2.18. The molecule has 0 bridgehead atoms. The number of anilines is 2. The molecule has 0 spiro atoms. The number of H-pyrrole nitrogens is 1. The van der Waals surface area contributed by atoms with Crippen LogP contribution in [0.25, 0.3) is 0 Å². The van der Waals surface area contributed by atoms with Gasteiger partial charge in [-0.25, -0.2) is 0 Å². The maximum Gasteiger partial charge on any atom is 0.272 e. The van der Waals surface area contributed by atoms with Crippen molar-refractivity contribution in [2.45, 2.75) is 13.3 Å². The Kier molecular flexibility index (Phi) is 3.66. The highest BCUT2D eigenvalue weighted by atomic mass is 16.2. The van der Waals surface area contributed by atoms with Crippen LogP contribution in [-0.2, 0) is 6.42 Å². The average molecular weight is 257 g/mol. The SMILES string of the molecule is CCc1ccc(NC(=O)c2cccc(=O)[nH]2)cc1N. The number of aryl methyl sites for hydroxylation is 1. The van der Waals surface area contributed by atoms with Crippen LogP contribution in [0.2, 0.25) is 0 Å². The lowest BCUT2D eigenvalue weighted by atomic mass is 10.1. The second kappa shape index (κ2) is 5.39. The van der Waals surface area contributed by atoms with Crippen molar-refractivity contribution in [1.82, 2.24) is 4.98 Å². The van der Waals surface area contributed by atoms with Crippen LogP contribution < -0.4 is 16.6 Å². The van der Waals surface area contributed by atoms with Crippen molar-refractivity contribution in [3.63, 3.8) is 0 Å². The molecule has 0 unspecified atom stereocenters. The largest absolute Gasteiger partial charge is 0.398 e. The molecular weight excluding hydrogens is 242 g/mol. The van der Waals surface area contributed by atoms with Gasteiger partial charge in [0.25, 0.3) is 5.91 Å². The molecule has 1 amide bonds. The van der Waals surface area contributed by atoms with Gasteiger partial charge in [0.2, 0.25) is 5.56 Å². The number of nitrogens with one attached hydrogen (secondary N) is 2. The third-order valence-electron chi connectivity index (χ3n) is 2.80. The minimum absolute atomic E-state index is 0.214. The number of carbonyl (C=O) groups excluding carboxylic acids is 1. The molecule has 1 aromatic heterocycles. The molecule has 0 saturated carbocycles. The van der Waals surface area contributed by atoms with Gasteiger partial charge in [-0.2, -0.15) is 0 Å². The van der Waals surface area contributed by atoms with Gasteiger partial charge in [0.15, 0.2) is 0 Å². The number of amides is 1. The van der Waals surface area contributed by atoms with Gasteiger partial charge < -0.3 is 16.0 Å². The number of aromatic nitrogens is 1. The molecular formula is C14H15N3O2. The fourth-order valence-electron chi connectivity index (χ4n) is 1.77. The second-order valence-electron chi connectivity index (χ2n) is 4.15. The number of benzene rings is 1. The van der Waals surface area contributed by atoms with Crippen LogP contribution in [0.3, 0.4) is 0 Å². The predicted octanol–water partition coefficient (Wildman–Crippen LogP) is 1.77. The Labute approximate surface area is 110 Å². The fraction of sp³-hybridized carbons (Fsp3) is 0.143. The van der Waals surface area contributed by atoms with E-state index in [0.717, 1.165) is 12.0 Å². The number of rotatable bonds is 3. The van der Waals surface area contributed by atoms with Gasteiger partial charge in [-0.05, 0) is 30.2 Å². The summed E-state index contributed by atoms with van der Waals surface area (Å²) in [4.78, 5) is 25.5. The summed E-state index contributed by atoms with van der Waals surface area (Å²) < 4.78 is 0. The van der Waals surface area contributed by atoms with Gasteiger partial charge in [-0.3, -0.25) is 9.59 Å². The fourth-order valence-corrected chi connectivity index (χ4v) is 1.77. The third-order valence-corrected chi connectivity index (χ3v) is 2.80. The van der Waals surface area contributed by atoms with Crippen LogP contribution in [0.1, 0.15) is 23.0 Å². The molecule has 19 heavy (non-hydrogen) atoms. The maximum absolute atomic E-state index is 11.9. The van der Waals surface area contributed by atoms with Crippen LogP contribution in [0.15, 0.2) is 41.2 Å². The van der Waals surface area contributed by atoms with Gasteiger partial charge in [0.1, 0.15) is 5.69 Å². The lowest BCUT2D eigenvalue weighted by molar-refractivity contribution is 0.102. The zero-order chi connectivity index (χ0) is 13.8. The first-order valence-electron chi connectivity index (χ1n) is 5.99. The van der Waals surface area contributed by atoms with Crippen molar-refractivity contribution in [1.29, 1.82) is 0 Å². The van der Waals surface area contributed by atoms with Crippen molar-refractivity contribution in [3.8, 4) is 0 Å². The maximum atomic E-state index is 11.9. The summed E-state index contributed by atoms with van der Waals surface area (Å²) in [7, 11) is 0. The molecule has 0 fully saturated rings. The van der Waals surface area contributed by atoms with Crippen LogP contribution in [0.5, 0.6) is 0 Å².